The van der Waals surface area contributed by atoms with Crippen molar-refractivity contribution in [1.29, 1.82) is 0 Å². The molecular weight excluding hydrogens is 509 g/mol. The zero-order valence-electron chi connectivity index (χ0n) is 20.8. The number of amides is 1. The quantitative estimate of drug-likeness (QED) is 0.326. The molecule has 1 aliphatic rings. The van der Waals surface area contributed by atoms with Gasteiger partial charge in [0.05, 0.1) is 42.8 Å². The standard InChI is InChI=1S/C24H27F3N6O3S/c1-23(2,3)36-22(34)32-12-19(33-11-18(30-31-33)17-9-10-28-21(29-17)37-4)20(13-32)35-14-15-5-7-16(8-6-15)24(25,26)27/h5-11,19-20H,12-14H2,1-4H3/t19-,20-/m1/s1. The molecular formula is C24H27F3N6O3S. The van der Waals surface area contributed by atoms with E-state index in [1.807, 2.05) is 6.26 Å². The Morgan fingerprint density at radius 2 is 1.84 bits per heavy atom. The maximum Gasteiger partial charge on any atom is 0.416 e. The second-order valence-corrected chi connectivity index (χ2v) is 10.3. The average molecular weight is 537 g/mol. The van der Waals surface area contributed by atoms with Gasteiger partial charge in [0.25, 0.3) is 0 Å². The lowest BCUT2D eigenvalue weighted by molar-refractivity contribution is -0.137. The van der Waals surface area contributed by atoms with E-state index in [4.69, 9.17) is 9.47 Å². The Morgan fingerprint density at radius 3 is 2.49 bits per heavy atom. The lowest BCUT2D eigenvalue weighted by atomic mass is 10.1. The molecule has 13 heteroatoms. The third-order valence-electron chi connectivity index (χ3n) is 5.56. The molecule has 9 nitrogen and oxygen atoms in total. The summed E-state index contributed by atoms with van der Waals surface area (Å²) in [6.07, 6.45) is -0.157. The average Bonchev–Trinajstić information content (AvgIpc) is 3.49. The number of alkyl halides is 3. The second kappa shape index (κ2) is 10.7. The monoisotopic (exact) mass is 536 g/mol. The molecule has 2 aromatic heterocycles. The number of aromatic nitrogens is 5. The van der Waals surface area contributed by atoms with Crippen LogP contribution < -0.4 is 0 Å². The molecule has 0 N–H and O–H groups in total. The number of hydrogen-bond donors (Lipinski definition) is 0. The van der Waals surface area contributed by atoms with Gasteiger partial charge in [-0.15, -0.1) is 5.10 Å². The second-order valence-electron chi connectivity index (χ2n) is 9.51. The number of carbonyl (C=O) groups is 1. The number of benzene rings is 1. The Hall–Kier alpha value is -3.19. The first kappa shape index (κ1) is 26.9. The summed E-state index contributed by atoms with van der Waals surface area (Å²) in [4.78, 5) is 22.9. The maximum absolute atomic E-state index is 12.9. The van der Waals surface area contributed by atoms with Crippen LogP contribution in [-0.4, -0.2) is 67.0 Å². The molecule has 2 atom stereocenters. The van der Waals surface area contributed by atoms with Crippen molar-refractivity contribution in [3.8, 4) is 11.4 Å². The molecule has 1 aliphatic heterocycles. The summed E-state index contributed by atoms with van der Waals surface area (Å²) in [5.74, 6) is 0. The van der Waals surface area contributed by atoms with Gasteiger partial charge in [0.2, 0.25) is 0 Å². The van der Waals surface area contributed by atoms with Crippen LogP contribution in [0.4, 0.5) is 18.0 Å². The Kier molecular flexibility index (Phi) is 7.74. The molecule has 37 heavy (non-hydrogen) atoms. The minimum absolute atomic E-state index is 0.0615. The van der Waals surface area contributed by atoms with Gasteiger partial charge in [0.15, 0.2) is 5.16 Å². The van der Waals surface area contributed by atoms with Crippen LogP contribution in [0.5, 0.6) is 0 Å². The molecule has 0 unspecified atom stereocenters. The molecule has 1 fully saturated rings. The van der Waals surface area contributed by atoms with Crippen LogP contribution in [-0.2, 0) is 22.3 Å². The normalized spacial score (nSPS) is 18.3. The maximum atomic E-state index is 12.9. The molecule has 1 aromatic carbocycles. The largest absolute Gasteiger partial charge is 0.444 e. The Bertz CT molecular complexity index is 1230. The van der Waals surface area contributed by atoms with Crippen molar-refractivity contribution in [2.75, 3.05) is 19.3 Å². The van der Waals surface area contributed by atoms with Crippen molar-refractivity contribution in [3.63, 3.8) is 0 Å². The highest BCUT2D eigenvalue weighted by Gasteiger charge is 2.40. The van der Waals surface area contributed by atoms with Gasteiger partial charge >= 0.3 is 12.3 Å². The highest BCUT2D eigenvalue weighted by Crippen LogP contribution is 2.31. The van der Waals surface area contributed by atoms with Gasteiger partial charge in [-0.3, -0.25) is 0 Å². The molecule has 198 valence electrons. The Balaban J connectivity index is 1.53. The van der Waals surface area contributed by atoms with Crippen molar-refractivity contribution in [2.45, 2.75) is 56.5 Å². The van der Waals surface area contributed by atoms with E-state index in [-0.39, 0.29) is 19.7 Å². The van der Waals surface area contributed by atoms with Gasteiger partial charge < -0.3 is 14.4 Å². The van der Waals surface area contributed by atoms with Crippen LogP contribution in [0.15, 0.2) is 47.9 Å². The molecule has 0 bridgehead atoms. The van der Waals surface area contributed by atoms with Gasteiger partial charge in [0, 0.05) is 12.7 Å². The number of halogens is 3. The summed E-state index contributed by atoms with van der Waals surface area (Å²) >= 11 is 1.41. The minimum Gasteiger partial charge on any atom is -0.444 e. The van der Waals surface area contributed by atoms with Crippen molar-refractivity contribution >= 4 is 17.9 Å². The predicted octanol–water partition coefficient (Wildman–Crippen LogP) is 4.85. The third-order valence-corrected chi connectivity index (χ3v) is 6.12. The summed E-state index contributed by atoms with van der Waals surface area (Å²) in [5, 5.41) is 9.09. The van der Waals surface area contributed by atoms with Gasteiger partial charge in [-0.2, -0.15) is 13.2 Å². The summed E-state index contributed by atoms with van der Waals surface area (Å²) in [6.45, 7) is 5.89. The molecule has 1 amide bonds. The zero-order chi connectivity index (χ0) is 26.8. The number of thioether (sulfide) groups is 1. The number of rotatable bonds is 6. The molecule has 3 aromatic rings. The zero-order valence-corrected chi connectivity index (χ0v) is 21.6. The number of carbonyl (C=O) groups excluding carboxylic acids is 1. The number of nitrogens with zero attached hydrogens (tertiary/aromatic N) is 6. The van der Waals surface area contributed by atoms with Gasteiger partial charge in [0.1, 0.15) is 11.3 Å². The van der Waals surface area contributed by atoms with E-state index in [1.54, 1.807) is 43.9 Å². The summed E-state index contributed by atoms with van der Waals surface area (Å²) in [7, 11) is 0. The first-order valence-electron chi connectivity index (χ1n) is 11.5. The Labute approximate surface area is 216 Å². The third kappa shape index (κ3) is 6.77. The topological polar surface area (TPSA) is 95.3 Å². The van der Waals surface area contributed by atoms with Crippen LogP contribution in [0.25, 0.3) is 11.4 Å². The fourth-order valence-corrected chi connectivity index (χ4v) is 4.14. The molecule has 0 radical (unpaired) electrons. The molecule has 3 heterocycles. The number of likely N-dealkylation sites (tertiary alicyclic amines) is 1. The molecule has 0 saturated carbocycles. The van der Waals surface area contributed by atoms with E-state index in [9.17, 15) is 18.0 Å². The molecule has 0 spiro atoms. The Morgan fingerprint density at radius 1 is 1.11 bits per heavy atom. The van der Waals surface area contributed by atoms with Gasteiger partial charge in [-0.05, 0) is 50.8 Å². The molecule has 1 saturated heterocycles. The summed E-state index contributed by atoms with van der Waals surface area (Å²) < 4.78 is 51.9. The van der Waals surface area contributed by atoms with Gasteiger partial charge in [-0.1, -0.05) is 29.1 Å². The fraction of sp³-hybridized carbons (Fsp3) is 0.458. The van der Waals surface area contributed by atoms with Crippen LogP contribution in [0.2, 0.25) is 0 Å². The SMILES string of the molecule is CSc1nccc(-c2cn([C@@H]3CN(C(=O)OC(C)(C)C)C[C@H]3OCc3ccc(C(F)(F)F)cc3)nn2)n1. The van der Waals surface area contributed by atoms with Crippen molar-refractivity contribution in [1.82, 2.24) is 29.9 Å². The van der Waals surface area contributed by atoms with E-state index < -0.39 is 35.6 Å². The van der Waals surface area contributed by atoms with Crippen molar-refractivity contribution in [2.24, 2.45) is 0 Å². The molecule has 4 rings (SSSR count). The summed E-state index contributed by atoms with van der Waals surface area (Å²) in [5.41, 5.74) is 0.321. The van der Waals surface area contributed by atoms with Crippen LogP contribution in [0, 0.1) is 0 Å². The first-order valence-corrected chi connectivity index (χ1v) is 12.7. The van der Waals surface area contributed by atoms with Crippen molar-refractivity contribution in [3.05, 3.63) is 53.9 Å². The lowest BCUT2D eigenvalue weighted by Gasteiger charge is -2.24. The highest BCUT2D eigenvalue weighted by atomic mass is 32.2. The summed E-state index contributed by atoms with van der Waals surface area (Å²) in [6, 6.07) is 6.13. The van der Waals surface area contributed by atoms with Gasteiger partial charge in [-0.25, -0.2) is 19.4 Å². The van der Waals surface area contributed by atoms with E-state index >= 15 is 0 Å². The van der Waals surface area contributed by atoms with E-state index in [0.29, 0.717) is 22.1 Å². The fourth-order valence-electron chi connectivity index (χ4n) is 3.78. The number of hydrogen-bond acceptors (Lipinski definition) is 8. The van der Waals surface area contributed by atoms with E-state index in [0.717, 1.165) is 12.1 Å². The predicted molar refractivity (Wildman–Crippen MR) is 130 cm³/mol. The first-order chi connectivity index (χ1) is 17.4. The van der Waals surface area contributed by atoms with Crippen LogP contribution in [0.1, 0.15) is 37.9 Å². The van der Waals surface area contributed by atoms with Crippen LogP contribution >= 0.6 is 11.8 Å². The minimum atomic E-state index is -4.41. The van der Waals surface area contributed by atoms with Crippen molar-refractivity contribution < 1.29 is 27.4 Å². The van der Waals surface area contributed by atoms with E-state index in [2.05, 4.69) is 20.3 Å². The molecule has 0 aliphatic carbocycles. The number of ether oxygens (including phenoxy) is 2. The smallest absolute Gasteiger partial charge is 0.416 e. The van der Waals surface area contributed by atoms with Crippen LogP contribution in [0.3, 0.4) is 0 Å². The lowest BCUT2D eigenvalue weighted by Crippen LogP contribution is -2.36. The van der Waals surface area contributed by atoms with E-state index in [1.165, 1.54) is 28.8 Å². The highest BCUT2D eigenvalue weighted by molar-refractivity contribution is 7.98.